The fourth-order valence-corrected chi connectivity index (χ4v) is 3.81. The Bertz CT molecular complexity index is 1220. The second-order valence-corrected chi connectivity index (χ2v) is 7.07. The van der Waals surface area contributed by atoms with Gasteiger partial charge in [0.05, 0.1) is 12.2 Å². The Hall–Kier alpha value is -3.66. The molecule has 4 heteroatoms. The lowest BCUT2D eigenvalue weighted by Crippen LogP contribution is -2.25. The molecule has 0 spiro atoms. The SMILES string of the molecule is CCOC(=O)c1cccc2c(CCNC(=O)c3cccc4ccccc34)cccc12. The van der Waals surface area contributed by atoms with Crippen LogP contribution in [0.25, 0.3) is 21.5 Å². The van der Waals surface area contributed by atoms with Gasteiger partial charge in [-0.3, -0.25) is 4.79 Å². The zero-order valence-electron chi connectivity index (χ0n) is 16.9. The summed E-state index contributed by atoms with van der Waals surface area (Å²) in [7, 11) is 0. The number of esters is 1. The van der Waals surface area contributed by atoms with Gasteiger partial charge in [-0.25, -0.2) is 4.79 Å². The van der Waals surface area contributed by atoms with Gasteiger partial charge in [-0.1, -0.05) is 66.7 Å². The molecule has 150 valence electrons. The summed E-state index contributed by atoms with van der Waals surface area (Å²) in [5, 5.41) is 6.90. The number of carbonyl (C=O) groups excluding carboxylic acids is 2. The molecule has 4 rings (SSSR count). The summed E-state index contributed by atoms with van der Waals surface area (Å²) >= 11 is 0. The van der Waals surface area contributed by atoms with Crippen molar-refractivity contribution in [3.05, 3.63) is 95.6 Å². The van der Waals surface area contributed by atoms with Gasteiger partial charge in [0.2, 0.25) is 0 Å². The molecular weight excluding hydrogens is 374 g/mol. The molecule has 0 fully saturated rings. The number of carbonyl (C=O) groups is 2. The maximum Gasteiger partial charge on any atom is 0.338 e. The molecule has 0 aliphatic rings. The minimum Gasteiger partial charge on any atom is -0.462 e. The smallest absolute Gasteiger partial charge is 0.338 e. The van der Waals surface area contributed by atoms with E-state index in [0.29, 0.717) is 30.7 Å². The molecule has 4 aromatic rings. The van der Waals surface area contributed by atoms with Gasteiger partial charge in [0, 0.05) is 12.1 Å². The number of nitrogens with one attached hydrogen (secondary N) is 1. The predicted molar refractivity (Wildman–Crippen MR) is 120 cm³/mol. The number of rotatable bonds is 6. The van der Waals surface area contributed by atoms with Crippen molar-refractivity contribution in [2.45, 2.75) is 13.3 Å². The van der Waals surface area contributed by atoms with Gasteiger partial charge in [0.15, 0.2) is 0 Å². The van der Waals surface area contributed by atoms with E-state index in [1.165, 1.54) is 0 Å². The number of fused-ring (bicyclic) bond motifs is 2. The maximum absolute atomic E-state index is 12.8. The van der Waals surface area contributed by atoms with Crippen LogP contribution in [-0.4, -0.2) is 25.0 Å². The zero-order valence-corrected chi connectivity index (χ0v) is 16.9. The molecule has 0 atom stereocenters. The largest absolute Gasteiger partial charge is 0.462 e. The molecule has 1 amide bonds. The lowest BCUT2D eigenvalue weighted by molar-refractivity contribution is 0.0528. The van der Waals surface area contributed by atoms with Crippen molar-refractivity contribution in [2.75, 3.05) is 13.2 Å². The van der Waals surface area contributed by atoms with Crippen molar-refractivity contribution in [2.24, 2.45) is 0 Å². The van der Waals surface area contributed by atoms with E-state index in [1.54, 1.807) is 13.0 Å². The Morgan fingerprint density at radius 1 is 0.767 bits per heavy atom. The van der Waals surface area contributed by atoms with Crippen molar-refractivity contribution in [1.29, 1.82) is 0 Å². The van der Waals surface area contributed by atoms with E-state index in [1.807, 2.05) is 72.8 Å². The van der Waals surface area contributed by atoms with E-state index >= 15 is 0 Å². The van der Waals surface area contributed by atoms with Gasteiger partial charge in [0.25, 0.3) is 5.91 Å². The van der Waals surface area contributed by atoms with E-state index < -0.39 is 0 Å². The molecule has 0 aromatic heterocycles. The molecule has 4 aromatic carbocycles. The fourth-order valence-electron chi connectivity index (χ4n) is 3.81. The number of amides is 1. The molecule has 0 aliphatic carbocycles. The lowest BCUT2D eigenvalue weighted by Gasteiger charge is -2.11. The molecule has 0 saturated carbocycles. The van der Waals surface area contributed by atoms with Crippen LogP contribution in [-0.2, 0) is 11.2 Å². The van der Waals surface area contributed by atoms with E-state index in [9.17, 15) is 9.59 Å². The minimum absolute atomic E-state index is 0.0840. The summed E-state index contributed by atoms with van der Waals surface area (Å²) in [6, 6.07) is 25.2. The Labute approximate surface area is 175 Å². The monoisotopic (exact) mass is 397 g/mol. The third-order valence-corrected chi connectivity index (χ3v) is 5.22. The van der Waals surface area contributed by atoms with Gasteiger partial charge < -0.3 is 10.1 Å². The van der Waals surface area contributed by atoms with Crippen molar-refractivity contribution in [3.63, 3.8) is 0 Å². The molecular formula is C26H23NO3. The first kappa shape index (κ1) is 19.6. The average molecular weight is 397 g/mol. The summed E-state index contributed by atoms with van der Waals surface area (Å²) in [6.45, 7) is 2.65. The van der Waals surface area contributed by atoms with Crippen molar-refractivity contribution in [3.8, 4) is 0 Å². The number of hydrogen-bond acceptors (Lipinski definition) is 3. The highest BCUT2D eigenvalue weighted by Gasteiger charge is 2.13. The number of hydrogen-bond donors (Lipinski definition) is 1. The first-order valence-corrected chi connectivity index (χ1v) is 10.1. The normalized spacial score (nSPS) is 10.8. The third kappa shape index (κ3) is 3.90. The highest BCUT2D eigenvalue weighted by Crippen LogP contribution is 2.24. The maximum atomic E-state index is 12.8. The van der Waals surface area contributed by atoms with Crippen LogP contribution in [0.15, 0.2) is 78.9 Å². The first-order valence-electron chi connectivity index (χ1n) is 10.1. The van der Waals surface area contributed by atoms with Crippen LogP contribution in [0, 0.1) is 0 Å². The fraction of sp³-hybridized carbons (Fsp3) is 0.154. The molecule has 0 bridgehead atoms. The Kier molecular flexibility index (Phi) is 5.75. The molecule has 0 saturated heterocycles. The topological polar surface area (TPSA) is 55.4 Å². The standard InChI is InChI=1S/C26H23NO3/c1-2-30-26(29)24-15-7-12-20-19(10-5-13-22(20)24)16-17-27-25(28)23-14-6-9-18-8-3-4-11-21(18)23/h3-15H,2,16-17H2,1H3,(H,27,28). The summed E-state index contributed by atoms with van der Waals surface area (Å²) in [6.07, 6.45) is 0.667. The van der Waals surface area contributed by atoms with Crippen LogP contribution in [0.5, 0.6) is 0 Å². The Morgan fingerprint density at radius 2 is 1.43 bits per heavy atom. The van der Waals surface area contributed by atoms with E-state index in [-0.39, 0.29) is 11.9 Å². The van der Waals surface area contributed by atoms with E-state index in [4.69, 9.17) is 4.74 Å². The average Bonchev–Trinajstić information content (AvgIpc) is 2.78. The molecule has 30 heavy (non-hydrogen) atoms. The Balaban J connectivity index is 1.52. The van der Waals surface area contributed by atoms with Crippen LogP contribution >= 0.6 is 0 Å². The highest BCUT2D eigenvalue weighted by atomic mass is 16.5. The summed E-state index contributed by atoms with van der Waals surface area (Å²) in [4.78, 5) is 25.0. The summed E-state index contributed by atoms with van der Waals surface area (Å²) < 4.78 is 5.18. The van der Waals surface area contributed by atoms with Crippen molar-refractivity contribution < 1.29 is 14.3 Å². The highest BCUT2D eigenvalue weighted by molar-refractivity contribution is 6.07. The first-order chi connectivity index (χ1) is 14.7. The lowest BCUT2D eigenvalue weighted by atomic mass is 9.98. The van der Waals surface area contributed by atoms with Gasteiger partial charge in [0.1, 0.15) is 0 Å². The Morgan fingerprint density at radius 3 is 2.30 bits per heavy atom. The van der Waals surface area contributed by atoms with E-state index in [0.717, 1.165) is 27.1 Å². The molecule has 4 nitrogen and oxygen atoms in total. The third-order valence-electron chi connectivity index (χ3n) is 5.22. The van der Waals surface area contributed by atoms with Crippen LogP contribution in [0.2, 0.25) is 0 Å². The predicted octanol–water partition coefficient (Wildman–Crippen LogP) is 5.14. The van der Waals surface area contributed by atoms with Crippen LogP contribution in [0.1, 0.15) is 33.2 Å². The van der Waals surface area contributed by atoms with Crippen molar-refractivity contribution >= 4 is 33.4 Å². The van der Waals surface area contributed by atoms with Gasteiger partial charge in [-0.2, -0.15) is 0 Å². The van der Waals surface area contributed by atoms with Gasteiger partial charge in [-0.05, 0) is 52.6 Å². The molecule has 0 aliphatic heterocycles. The summed E-state index contributed by atoms with van der Waals surface area (Å²) in [5.41, 5.74) is 2.32. The second kappa shape index (κ2) is 8.78. The number of benzene rings is 4. The minimum atomic E-state index is -0.315. The van der Waals surface area contributed by atoms with Crippen LogP contribution < -0.4 is 5.32 Å². The quantitative estimate of drug-likeness (QED) is 0.458. The van der Waals surface area contributed by atoms with Crippen LogP contribution in [0.3, 0.4) is 0 Å². The molecule has 0 unspecified atom stereocenters. The van der Waals surface area contributed by atoms with Gasteiger partial charge >= 0.3 is 5.97 Å². The molecule has 1 N–H and O–H groups in total. The zero-order chi connectivity index (χ0) is 20.9. The van der Waals surface area contributed by atoms with Gasteiger partial charge in [-0.15, -0.1) is 0 Å². The summed E-state index contributed by atoms with van der Waals surface area (Å²) in [5.74, 6) is -0.399. The number of ether oxygens (including phenoxy) is 1. The van der Waals surface area contributed by atoms with Crippen LogP contribution in [0.4, 0.5) is 0 Å². The second-order valence-electron chi connectivity index (χ2n) is 7.07. The van der Waals surface area contributed by atoms with Crippen molar-refractivity contribution in [1.82, 2.24) is 5.32 Å². The van der Waals surface area contributed by atoms with E-state index in [2.05, 4.69) is 5.32 Å². The molecule has 0 heterocycles. The molecule has 0 radical (unpaired) electrons.